The van der Waals surface area contributed by atoms with E-state index in [-0.39, 0.29) is 33.8 Å². The number of rotatable bonds is 5. The molecule has 0 aromatic carbocycles. The largest absolute Gasteiger partial charge is 0.393 e. The van der Waals surface area contributed by atoms with Crippen molar-refractivity contribution in [3.63, 3.8) is 0 Å². The lowest BCUT2D eigenvalue weighted by molar-refractivity contribution is 0.0934. The molecular weight excluding hydrogens is 275 g/mol. The molecule has 0 spiro atoms. The molecular formula is C12H16Cl2N2O2. The second-order valence-electron chi connectivity index (χ2n) is 4.36. The van der Waals surface area contributed by atoms with Gasteiger partial charge in [-0.3, -0.25) is 4.79 Å². The standard InChI is InChI=1S/C12H16Cl2N2O2/c1-7(5-8(2)17)6-15-12(18)11-9(13)3-4-10(14)16-11/h3-4,7-8,17H,5-6H2,1-2H3,(H,15,18). The van der Waals surface area contributed by atoms with Crippen LogP contribution in [0.2, 0.25) is 10.2 Å². The van der Waals surface area contributed by atoms with Gasteiger partial charge in [0.15, 0.2) is 0 Å². The number of amides is 1. The van der Waals surface area contributed by atoms with Gasteiger partial charge in [0, 0.05) is 6.54 Å². The molecule has 1 aromatic heterocycles. The lowest BCUT2D eigenvalue weighted by Gasteiger charge is -2.14. The predicted molar refractivity (Wildman–Crippen MR) is 72.1 cm³/mol. The number of carbonyl (C=O) groups excluding carboxylic acids is 1. The van der Waals surface area contributed by atoms with E-state index in [1.807, 2.05) is 6.92 Å². The van der Waals surface area contributed by atoms with Gasteiger partial charge in [-0.1, -0.05) is 30.1 Å². The van der Waals surface area contributed by atoms with E-state index in [1.54, 1.807) is 6.92 Å². The molecule has 0 saturated carbocycles. The van der Waals surface area contributed by atoms with Crippen LogP contribution in [-0.4, -0.2) is 28.6 Å². The summed E-state index contributed by atoms with van der Waals surface area (Å²) in [6.07, 6.45) is 0.238. The SMILES string of the molecule is CC(O)CC(C)CNC(=O)c1nc(Cl)ccc1Cl. The maximum absolute atomic E-state index is 11.8. The fourth-order valence-electron chi connectivity index (χ4n) is 1.59. The molecule has 0 bridgehead atoms. The molecule has 0 fully saturated rings. The first kappa shape index (κ1) is 15.2. The van der Waals surface area contributed by atoms with Crippen molar-refractivity contribution in [3.05, 3.63) is 28.0 Å². The molecule has 0 aliphatic rings. The van der Waals surface area contributed by atoms with E-state index in [0.29, 0.717) is 13.0 Å². The third kappa shape index (κ3) is 4.80. The summed E-state index contributed by atoms with van der Waals surface area (Å²) in [5.74, 6) is -0.188. The van der Waals surface area contributed by atoms with Gasteiger partial charge in [-0.05, 0) is 31.4 Å². The maximum atomic E-state index is 11.8. The molecule has 1 rings (SSSR count). The van der Waals surface area contributed by atoms with E-state index < -0.39 is 0 Å². The zero-order valence-electron chi connectivity index (χ0n) is 10.3. The Balaban J connectivity index is 2.58. The van der Waals surface area contributed by atoms with Gasteiger partial charge < -0.3 is 10.4 Å². The topological polar surface area (TPSA) is 62.2 Å². The third-order valence-electron chi connectivity index (χ3n) is 2.38. The van der Waals surface area contributed by atoms with Gasteiger partial charge in [-0.25, -0.2) is 4.98 Å². The van der Waals surface area contributed by atoms with E-state index in [1.165, 1.54) is 12.1 Å². The minimum Gasteiger partial charge on any atom is -0.393 e. The molecule has 2 N–H and O–H groups in total. The first-order valence-corrected chi connectivity index (χ1v) is 6.44. The Hall–Kier alpha value is -0.840. The Bertz CT molecular complexity index is 425. The normalized spacial score (nSPS) is 14.1. The molecule has 18 heavy (non-hydrogen) atoms. The van der Waals surface area contributed by atoms with Crippen molar-refractivity contribution in [1.82, 2.24) is 10.3 Å². The molecule has 0 aliphatic heterocycles. The van der Waals surface area contributed by atoms with E-state index in [2.05, 4.69) is 10.3 Å². The third-order valence-corrected chi connectivity index (χ3v) is 2.90. The van der Waals surface area contributed by atoms with Crippen LogP contribution >= 0.6 is 23.2 Å². The highest BCUT2D eigenvalue weighted by molar-refractivity contribution is 6.34. The lowest BCUT2D eigenvalue weighted by Crippen LogP contribution is -2.30. The van der Waals surface area contributed by atoms with Crippen LogP contribution in [0.25, 0.3) is 0 Å². The highest BCUT2D eigenvalue weighted by Gasteiger charge is 2.14. The minimum absolute atomic E-state index is 0.119. The molecule has 6 heteroatoms. The van der Waals surface area contributed by atoms with Gasteiger partial charge in [-0.2, -0.15) is 0 Å². The number of aliphatic hydroxyl groups excluding tert-OH is 1. The second kappa shape index (κ2) is 6.92. The van der Waals surface area contributed by atoms with Crippen LogP contribution in [0.4, 0.5) is 0 Å². The van der Waals surface area contributed by atoms with Crippen molar-refractivity contribution < 1.29 is 9.90 Å². The smallest absolute Gasteiger partial charge is 0.271 e. The molecule has 4 nitrogen and oxygen atoms in total. The van der Waals surface area contributed by atoms with Crippen molar-refractivity contribution in [1.29, 1.82) is 0 Å². The first-order valence-electron chi connectivity index (χ1n) is 5.68. The van der Waals surface area contributed by atoms with Crippen LogP contribution in [0, 0.1) is 5.92 Å². The Morgan fingerprint density at radius 3 is 2.72 bits per heavy atom. The number of aromatic nitrogens is 1. The molecule has 0 radical (unpaired) electrons. The zero-order valence-corrected chi connectivity index (χ0v) is 11.8. The Kier molecular flexibility index (Phi) is 5.85. The van der Waals surface area contributed by atoms with Crippen molar-refractivity contribution >= 4 is 29.1 Å². The first-order chi connectivity index (χ1) is 8.40. The van der Waals surface area contributed by atoms with Crippen molar-refractivity contribution in [2.24, 2.45) is 5.92 Å². The molecule has 0 saturated heterocycles. The van der Waals surface area contributed by atoms with Gasteiger partial charge in [0.1, 0.15) is 10.8 Å². The van der Waals surface area contributed by atoms with Gasteiger partial charge in [0.05, 0.1) is 11.1 Å². The monoisotopic (exact) mass is 290 g/mol. The fourth-order valence-corrected chi connectivity index (χ4v) is 1.93. The minimum atomic E-state index is -0.384. The Labute approximate surface area is 116 Å². The highest BCUT2D eigenvalue weighted by atomic mass is 35.5. The molecule has 100 valence electrons. The number of nitrogens with one attached hydrogen (secondary N) is 1. The average Bonchev–Trinajstić information content (AvgIpc) is 2.28. The van der Waals surface area contributed by atoms with Crippen LogP contribution in [0.5, 0.6) is 0 Å². The molecule has 1 aromatic rings. The Morgan fingerprint density at radius 1 is 1.44 bits per heavy atom. The van der Waals surface area contributed by atoms with Crippen LogP contribution in [0.15, 0.2) is 12.1 Å². The summed E-state index contributed by atoms with van der Waals surface area (Å²) in [6, 6.07) is 3.06. The second-order valence-corrected chi connectivity index (χ2v) is 5.16. The molecule has 2 atom stereocenters. The van der Waals surface area contributed by atoms with Gasteiger partial charge in [-0.15, -0.1) is 0 Å². The number of hydrogen-bond acceptors (Lipinski definition) is 3. The number of halogens is 2. The number of carbonyl (C=O) groups is 1. The van der Waals surface area contributed by atoms with Gasteiger partial charge in [0.25, 0.3) is 5.91 Å². The van der Waals surface area contributed by atoms with Crippen LogP contribution in [0.3, 0.4) is 0 Å². The van der Waals surface area contributed by atoms with Gasteiger partial charge in [0.2, 0.25) is 0 Å². The van der Waals surface area contributed by atoms with Crippen molar-refractivity contribution in [2.45, 2.75) is 26.4 Å². The summed E-state index contributed by atoms with van der Waals surface area (Å²) in [6.45, 7) is 4.11. The van der Waals surface area contributed by atoms with Gasteiger partial charge >= 0.3 is 0 Å². The number of nitrogens with zero attached hydrogens (tertiary/aromatic N) is 1. The summed E-state index contributed by atoms with van der Waals surface area (Å²) in [5, 5.41) is 12.4. The number of pyridine rings is 1. The quantitative estimate of drug-likeness (QED) is 0.819. The molecule has 0 aliphatic carbocycles. The summed E-state index contributed by atoms with van der Waals surface area (Å²) >= 11 is 11.6. The summed E-state index contributed by atoms with van der Waals surface area (Å²) in [4.78, 5) is 15.7. The number of aliphatic hydroxyl groups is 1. The molecule has 2 unspecified atom stereocenters. The van der Waals surface area contributed by atoms with E-state index >= 15 is 0 Å². The maximum Gasteiger partial charge on any atom is 0.271 e. The lowest BCUT2D eigenvalue weighted by atomic mass is 10.0. The highest BCUT2D eigenvalue weighted by Crippen LogP contribution is 2.16. The zero-order chi connectivity index (χ0) is 13.7. The fraction of sp³-hybridized carbons (Fsp3) is 0.500. The average molecular weight is 291 g/mol. The molecule has 1 heterocycles. The summed E-state index contributed by atoms with van der Waals surface area (Å²) < 4.78 is 0. The van der Waals surface area contributed by atoms with Crippen LogP contribution in [0.1, 0.15) is 30.8 Å². The van der Waals surface area contributed by atoms with Crippen LogP contribution in [-0.2, 0) is 0 Å². The number of hydrogen-bond donors (Lipinski definition) is 2. The van der Waals surface area contributed by atoms with E-state index in [0.717, 1.165) is 0 Å². The Morgan fingerprint density at radius 2 is 2.11 bits per heavy atom. The van der Waals surface area contributed by atoms with Crippen molar-refractivity contribution in [3.8, 4) is 0 Å². The van der Waals surface area contributed by atoms with E-state index in [4.69, 9.17) is 23.2 Å². The van der Waals surface area contributed by atoms with Crippen molar-refractivity contribution in [2.75, 3.05) is 6.54 Å². The predicted octanol–water partition coefficient (Wildman–Crippen LogP) is 2.53. The van der Waals surface area contributed by atoms with E-state index in [9.17, 15) is 9.90 Å². The summed E-state index contributed by atoms with van der Waals surface area (Å²) in [5.41, 5.74) is 0.119. The summed E-state index contributed by atoms with van der Waals surface area (Å²) in [7, 11) is 0. The van der Waals surface area contributed by atoms with Crippen LogP contribution < -0.4 is 5.32 Å². The molecule has 1 amide bonds.